The predicted octanol–water partition coefficient (Wildman–Crippen LogP) is 2.23. The highest BCUT2D eigenvalue weighted by Gasteiger charge is 2.03. The molecule has 1 aromatic rings. The Morgan fingerprint density at radius 2 is 2.00 bits per heavy atom. The summed E-state index contributed by atoms with van der Waals surface area (Å²) >= 11 is 1.59. The Bertz CT molecular complexity index is 361. The first-order valence-electron chi connectivity index (χ1n) is 5.83. The SMILES string of the molecule is CNCCCNC(=O)CSc1ccccc1C.Cl. The summed E-state index contributed by atoms with van der Waals surface area (Å²) in [5, 5.41) is 5.96. The van der Waals surface area contributed by atoms with Gasteiger partial charge in [0.15, 0.2) is 0 Å². The number of carbonyl (C=O) groups excluding carboxylic acids is 1. The van der Waals surface area contributed by atoms with E-state index < -0.39 is 0 Å². The molecule has 5 heteroatoms. The molecule has 0 saturated heterocycles. The molecule has 18 heavy (non-hydrogen) atoms. The normalized spacial score (nSPS) is 9.67. The monoisotopic (exact) mass is 288 g/mol. The molecule has 3 nitrogen and oxygen atoms in total. The summed E-state index contributed by atoms with van der Waals surface area (Å²) in [4.78, 5) is 12.7. The number of amides is 1. The van der Waals surface area contributed by atoms with Crippen LogP contribution in [0.25, 0.3) is 0 Å². The van der Waals surface area contributed by atoms with E-state index in [1.165, 1.54) is 10.5 Å². The quantitative estimate of drug-likeness (QED) is 0.597. The fourth-order valence-electron chi connectivity index (χ4n) is 1.41. The first-order chi connectivity index (χ1) is 8.24. The standard InChI is InChI=1S/C13H20N2OS.ClH/c1-11-6-3-4-7-12(11)17-10-13(16)15-9-5-8-14-2;/h3-4,6-7,14H,5,8-10H2,1-2H3,(H,15,16);1H. The van der Waals surface area contributed by atoms with Gasteiger partial charge < -0.3 is 10.6 Å². The highest BCUT2D eigenvalue weighted by atomic mass is 35.5. The minimum Gasteiger partial charge on any atom is -0.355 e. The number of halogens is 1. The maximum absolute atomic E-state index is 11.5. The average molecular weight is 289 g/mol. The van der Waals surface area contributed by atoms with Crippen molar-refractivity contribution in [3.05, 3.63) is 29.8 Å². The van der Waals surface area contributed by atoms with Crippen molar-refractivity contribution in [3.8, 4) is 0 Å². The van der Waals surface area contributed by atoms with E-state index in [1.807, 2.05) is 25.2 Å². The predicted molar refractivity (Wildman–Crippen MR) is 80.7 cm³/mol. The third-order valence-corrected chi connectivity index (χ3v) is 3.55. The van der Waals surface area contributed by atoms with E-state index in [9.17, 15) is 4.79 Å². The Labute approximate surface area is 120 Å². The molecule has 2 N–H and O–H groups in total. The maximum Gasteiger partial charge on any atom is 0.230 e. The van der Waals surface area contributed by atoms with E-state index in [1.54, 1.807) is 11.8 Å². The maximum atomic E-state index is 11.5. The average Bonchev–Trinajstić information content (AvgIpc) is 2.34. The second-order valence-electron chi connectivity index (χ2n) is 3.86. The van der Waals surface area contributed by atoms with Crippen LogP contribution in [0.4, 0.5) is 0 Å². The molecule has 1 aromatic carbocycles. The van der Waals surface area contributed by atoms with Crippen LogP contribution in [0, 0.1) is 6.92 Å². The lowest BCUT2D eigenvalue weighted by Crippen LogP contribution is -2.27. The second kappa shape index (κ2) is 10.2. The van der Waals surface area contributed by atoms with Crippen molar-refractivity contribution in [1.29, 1.82) is 0 Å². The van der Waals surface area contributed by atoms with Crippen LogP contribution in [-0.2, 0) is 4.79 Å². The van der Waals surface area contributed by atoms with Crippen molar-refractivity contribution in [3.63, 3.8) is 0 Å². The number of benzene rings is 1. The largest absolute Gasteiger partial charge is 0.355 e. The highest BCUT2D eigenvalue weighted by Crippen LogP contribution is 2.21. The molecule has 0 radical (unpaired) electrons. The van der Waals surface area contributed by atoms with Crippen LogP contribution in [0.2, 0.25) is 0 Å². The van der Waals surface area contributed by atoms with Crippen molar-refractivity contribution in [2.75, 3.05) is 25.9 Å². The molecule has 0 aromatic heterocycles. The molecule has 0 fully saturated rings. The Morgan fingerprint density at radius 1 is 1.28 bits per heavy atom. The van der Waals surface area contributed by atoms with Crippen molar-refractivity contribution < 1.29 is 4.79 Å². The van der Waals surface area contributed by atoms with Crippen LogP contribution in [0.15, 0.2) is 29.2 Å². The molecule has 102 valence electrons. The zero-order valence-corrected chi connectivity index (χ0v) is 12.5. The number of carbonyl (C=O) groups is 1. The van der Waals surface area contributed by atoms with E-state index in [4.69, 9.17) is 0 Å². The van der Waals surface area contributed by atoms with E-state index in [0.717, 1.165) is 19.5 Å². The van der Waals surface area contributed by atoms with Gasteiger partial charge in [0, 0.05) is 11.4 Å². The van der Waals surface area contributed by atoms with E-state index in [-0.39, 0.29) is 18.3 Å². The molecule has 0 heterocycles. The molecule has 1 rings (SSSR count). The summed E-state index contributed by atoms with van der Waals surface area (Å²) in [5.41, 5.74) is 1.22. The Hall–Kier alpha value is -0.710. The molecule has 0 bridgehead atoms. The summed E-state index contributed by atoms with van der Waals surface area (Å²) in [6.45, 7) is 3.74. The van der Waals surface area contributed by atoms with Gasteiger partial charge in [-0.05, 0) is 38.6 Å². The third kappa shape index (κ3) is 6.89. The van der Waals surface area contributed by atoms with Crippen molar-refractivity contribution in [2.24, 2.45) is 0 Å². The first kappa shape index (κ1) is 17.3. The topological polar surface area (TPSA) is 41.1 Å². The van der Waals surface area contributed by atoms with Gasteiger partial charge in [-0.15, -0.1) is 24.2 Å². The smallest absolute Gasteiger partial charge is 0.230 e. The molecule has 0 aliphatic heterocycles. The van der Waals surface area contributed by atoms with E-state index in [0.29, 0.717) is 5.75 Å². The van der Waals surface area contributed by atoms with Crippen molar-refractivity contribution in [2.45, 2.75) is 18.2 Å². The number of rotatable bonds is 7. The van der Waals surface area contributed by atoms with Crippen LogP contribution in [-0.4, -0.2) is 31.8 Å². The lowest BCUT2D eigenvalue weighted by molar-refractivity contribution is -0.118. The van der Waals surface area contributed by atoms with Gasteiger partial charge in [0.2, 0.25) is 5.91 Å². The molecule has 0 atom stereocenters. The van der Waals surface area contributed by atoms with Crippen LogP contribution in [0.1, 0.15) is 12.0 Å². The van der Waals surface area contributed by atoms with Gasteiger partial charge >= 0.3 is 0 Å². The number of aryl methyl sites for hydroxylation is 1. The number of hydrogen-bond acceptors (Lipinski definition) is 3. The summed E-state index contributed by atoms with van der Waals surface area (Å²) in [5.74, 6) is 0.596. The first-order valence-corrected chi connectivity index (χ1v) is 6.82. The zero-order chi connectivity index (χ0) is 12.5. The molecular formula is C13H21ClN2OS. The van der Waals surface area contributed by atoms with Crippen LogP contribution >= 0.6 is 24.2 Å². The van der Waals surface area contributed by atoms with E-state index >= 15 is 0 Å². The van der Waals surface area contributed by atoms with Gasteiger partial charge in [0.05, 0.1) is 5.75 Å². The van der Waals surface area contributed by atoms with E-state index in [2.05, 4.69) is 23.6 Å². The molecule has 0 aliphatic carbocycles. The zero-order valence-electron chi connectivity index (χ0n) is 10.9. The molecule has 0 aliphatic rings. The van der Waals surface area contributed by atoms with Gasteiger partial charge in [0.1, 0.15) is 0 Å². The van der Waals surface area contributed by atoms with Crippen molar-refractivity contribution in [1.82, 2.24) is 10.6 Å². The van der Waals surface area contributed by atoms with Crippen LogP contribution < -0.4 is 10.6 Å². The number of hydrogen-bond donors (Lipinski definition) is 2. The minimum atomic E-state index is 0. The number of thioether (sulfide) groups is 1. The summed E-state index contributed by atoms with van der Waals surface area (Å²) in [6.07, 6.45) is 0.970. The summed E-state index contributed by atoms with van der Waals surface area (Å²) in [7, 11) is 1.91. The Morgan fingerprint density at radius 3 is 2.67 bits per heavy atom. The lowest BCUT2D eigenvalue weighted by atomic mass is 10.2. The molecule has 1 amide bonds. The third-order valence-electron chi connectivity index (χ3n) is 2.38. The fraction of sp³-hybridized carbons (Fsp3) is 0.462. The highest BCUT2D eigenvalue weighted by molar-refractivity contribution is 8.00. The summed E-state index contributed by atoms with van der Waals surface area (Å²) < 4.78 is 0. The molecule has 0 unspecified atom stereocenters. The number of nitrogens with one attached hydrogen (secondary N) is 2. The van der Waals surface area contributed by atoms with Gasteiger partial charge in [0.25, 0.3) is 0 Å². The summed E-state index contributed by atoms with van der Waals surface area (Å²) in [6, 6.07) is 8.12. The Kier molecular flexibility index (Phi) is 9.83. The van der Waals surface area contributed by atoms with Gasteiger partial charge in [-0.2, -0.15) is 0 Å². The lowest BCUT2D eigenvalue weighted by Gasteiger charge is -2.06. The van der Waals surface area contributed by atoms with Crippen LogP contribution in [0.3, 0.4) is 0 Å². The van der Waals surface area contributed by atoms with Gasteiger partial charge in [-0.25, -0.2) is 0 Å². The molecule has 0 saturated carbocycles. The second-order valence-corrected chi connectivity index (χ2v) is 4.88. The van der Waals surface area contributed by atoms with Crippen LogP contribution in [0.5, 0.6) is 0 Å². The van der Waals surface area contributed by atoms with Gasteiger partial charge in [-0.3, -0.25) is 4.79 Å². The molecule has 0 spiro atoms. The minimum absolute atomic E-state index is 0. The molecular weight excluding hydrogens is 268 g/mol. The van der Waals surface area contributed by atoms with Gasteiger partial charge in [-0.1, -0.05) is 18.2 Å². The van der Waals surface area contributed by atoms with Crippen molar-refractivity contribution >= 4 is 30.1 Å². The Balaban J connectivity index is 0.00000289. The fourth-order valence-corrected chi connectivity index (χ4v) is 2.26.